The highest BCUT2D eigenvalue weighted by Gasteiger charge is 2.31. The summed E-state index contributed by atoms with van der Waals surface area (Å²) in [5.74, 6) is 1.10. The minimum absolute atomic E-state index is 0.479. The van der Waals surface area contributed by atoms with E-state index in [1.807, 2.05) is 0 Å². The highest BCUT2D eigenvalue weighted by Crippen LogP contribution is 2.27. The van der Waals surface area contributed by atoms with Crippen LogP contribution < -0.4 is 5.32 Å². The van der Waals surface area contributed by atoms with Crippen LogP contribution in [-0.4, -0.2) is 11.5 Å². The Kier molecular flexibility index (Phi) is 4.99. The van der Waals surface area contributed by atoms with Crippen molar-refractivity contribution in [3.63, 3.8) is 0 Å². The summed E-state index contributed by atoms with van der Waals surface area (Å²) in [7, 11) is 0. The quantitative estimate of drug-likeness (QED) is 0.858. The fourth-order valence-electron chi connectivity index (χ4n) is 1.85. The molecule has 1 unspecified atom stereocenters. The lowest BCUT2D eigenvalue weighted by Crippen LogP contribution is -2.14. The molecule has 1 N–H and O–H groups in total. The third-order valence-corrected chi connectivity index (χ3v) is 2.58. The van der Waals surface area contributed by atoms with Crippen molar-refractivity contribution in [1.29, 1.82) is 0 Å². The van der Waals surface area contributed by atoms with Crippen LogP contribution in [0.4, 0.5) is 18.9 Å². The van der Waals surface area contributed by atoms with Crippen LogP contribution >= 0.6 is 0 Å². The van der Waals surface area contributed by atoms with Crippen LogP contribution in [0, 0.1) is 11.8 Å². The molecule has 0 amide bonds. The van der Waals surface area contributed by atoms with Gasteiger partial charge in [0.05, 0.1) is 11.9 Å². The number of aromatic nitrogens is 1. The van der Waals surface area contributed by atoms with Crippen LogP contribution in [0.2, 0.25) is 0 Å². The predicted molar refractivity (Wildman–Crippen MR) is 66.3 cm³/mol. The van der Waals surface area contributed by atoms with E-state index < -0.39 is 11.9 Å². The molecule has 0 radical (unpaired) electrons. The molecule has 1 aromatic rings. The lowest BCUT2D eigenvalue weighted by molar-refractivity contribution is -0.141. The van der Waals surface area contributed by atoms with Gasteiger partial charge in [0.25, 0.3) is 0 Å². The summed E-state index contributed by atoms with van der Waals surface area (Å²) >= 11 is 0. The Hall–Kier alpha value is -1.26. The molecule has 0 aliphatic heterocycles. The van der Waals surface area contributed by atoms with Crippen LogP contribution in [0.5, 0.6) is 0 Å². The highest BCUT2D eigenvalue weighted by molar-refractivity contribution is 5.41. The minimum Gasteiger partial charge on any atom is -0.384 e. The summed E-state index contributed by atoms with van der Waals surface area (Å²) in [5.41, 5.74) is -0.234. The van der Waals surface area contributed by atoms with Crippen LogP contribution in [0.3, 0.4) is 0 Å². The number of halogens is 3. The van der Waals surface area contributed by atoms with Crippen molar-refractivity contribution in [3.05, 3.63) is 24.0 Å². The van der Waals surface area contributed by atoms with Crippen molar-refractivity contribution >= 4 is 5.69 Å². The second-order valence-corrected chi connectivity index (χ2v) is 5.05. The average molecular weight is 260 g/mol. The maximum absolute atomic E-state index is 12.3. The molecule has 0 aliphatic rings. The summed E-state index contributed by atoms with van der Waals surface area (Å²) < 4.78 is 36.9. The molecule has 0 aliphatic carbocycles. The third kappa shape index (κ3) is 4.94. The molecule has 1 rings (SSSR count). The Morgan fingerprint density at radius 2 is 1.89 bits per heavy atom. The zero-order valence-corrected chi connectivity index (χ0v) is 10.9. The van der Waals surface area contributed by atoms with Gasteiger partial charge in [-0.1, -0.05) is 20.8 Å². The van der Waals surface area contributed by atoms with Crippen LogP contribution in [0.15, 0.2) is 18.3 Å². The SMILES string of the molecule is CC(C)CC(C)CNc1ccc(C(F)(F)F)nc1. The molecular formula is C13H19F3N2. The fraction of sp³-hybridized carbons (Fsp3) is 0.615. The molecular weight excluding hydrogens is 241 g/mol. The topological polar surface area (TPSA) is 24.9 Å². The van der Waals surface area contributed by atoms with Crippen molar-refractivity contribution in [1.82, 2.24) is 4.98 Å². The van der Waals surface area contributed by atoms with E-state index in [0.29, 0.717) is 17.5 Å². The molecule has 1 aromatic heterocycles. The van der Waals surface area contributed by atoms with E-state index in [4.69, 9.17) is 0 Å². The highest BCUT2D eigenvalue weighted by atomic mass is 19.4. The molecule has 0 saturated heterocycles. The number of anilines is 1. The summed E-state index contributed by atoms with van der Waals surface area (Å²) in [4.78, 5) is 3.40. The largest absolute Gasteiger partial charge is 0.433 e. The Balaban J connectivity index is 2.49. The molecule has 0 bridgehead atoms. The second-order valence-electron chi connectivity index (χ2n) is 5.05. The minimum atomic E-state index is -4.37. The number of rotatable bonds is 5. The number of nitrogens with one attached hydrogen (secondary N) is 1. The van der Waals surface area contributed by atoms with Gasteiger partial charge < -0.3 is 5.32 Å². The summed E-state index contributed by atoms with van der Waals surface area (Å²) in [6.07, 6.45) is -2.06. The predicted octanol–water partition coefficient (Wildman–Crippen LogP) is 4.19. The van der Waals surface area contributed by atoms with Gasteiger partial charge in [-0.25, -0.2) is 4.98 Å². The molecule has 1 heterocycles. The van der Waals surface area contributed by atoms with Crippen LogP contribution in [0.1, 0.15) is 32.9 Å². The van der Waals surface area contributed by atoms with Gasteiger partial charge in [0, 0.05) is 6.54 Å². The average Bonchev–Trinajstić information content (AvgIpc) is 2.25. The van der Waals surface area contributed by atoms with Crippen molar-refractivity contribution in [2.45, 2.75) is 33.4 Å². The maximum Gasteiger partial charge on any atom is 0.433 e. The first-order chi connectivity index (χ1) is 8.29. The Morgan fingerprint density at radius 1 is 1.22 bits per heavy atom. The van der Waals surface area contributed by atoms with Gasteiger partial charge in [0.1, 0.15) is 5.69 Å². The van der Waals surface area contributed by atoms with Gasteiger partial charge in [-0.15, -0.1) is 0 Å². The van der Waals surface area contributed by atoms with Gasteiger partial charge in [-0.3, -0.25) is 0 Å². The van der Waals surface area contributed by atoms with E-state index in [0.717, 1.165) is 19.0 Å². The number of nitrogens with zero attached hydrogens (tertiary/aromatic N) is 1. The van der Waals surface area contributed by atoms with Crippen molar-refractivity contribution < 1.29 is 13.2 Å². The fourth-order valence-corrected chi connectivity index (χ4v) is 1.85. The van der Waals surface area contributed by atoms with Gasteiger partial charge in [0.2, 0.25) is 0 Å². The molecule has 5 heteroatoms. The van der Waals surface area contributed by atoms with E-state index in [2.05, 4.69) is 31.1 Å². The second kappa shape index (κ2) is 6.07. The van der Waals surface area contributed by atoms with E-state index in [1.54, 1.807) is 0 Å². The van der Waals surface area contributed by atoms with Gasteiger partial charge in [-0.2, -0.15) is 13.2 Å². The Morgan fingerprint density at radius 3 is 2.33 bits per heavy atom. The van der Waals surface area contributed by atoms with E-state index in [9.17, 15) is 13.2 Å². The monoisotopic (exact) mass is 260 g/mol. The lowest BCUT2D eigenvalue weighted by Gasteiger charge is -2.15. The number of pyridine rings is 1. The standard InChI is InChI=1S/C13H19F3N2/c1-9(2)6-10(3)7-17-11-4-5-12(18-8-11)13(14,15)16/h4-5,8-10,17H,6-7H2,1-3H3. The Bertz CT molecular complexity index is 357. The van der Waals surface area contributed by atoms with E-state index in [1.165, 1.54) is 12.3 Å². The zero-order valence-electron chi connectivity index (χ0n) is 10.9. The zero-order chi connectivity index (χ0) is 13.8. The lowest BCUT2D eigenvalue weighted by atomic mass is 9.99. The first kappa shape index (κ1) is 14.8. The van der Waals surface area contributed by atoms with Crippen molar-refractivity contribution in [2.24, 2.45) is 11.8 Å². The molecule has 0 saturated carbocycles. The summed E-state index contributed by atoms with van der Waals surface area (Å²) in [5, 5.41) is 3.10. The number of hydrogen-bond donors (Lipinski definition) is 1. The molecule has 0 aromatic carbocycles. The van der Waals surface area contributed by atoms with Crippen LogP contribution in [0.25, 0.3) is 0 Å². The number of hydrogen-bond acceptors (Lipinski definition) is 2. The van der Waals surface area contributed by atoms with Crippen molar-refractivity contribution in [2.75, 3.05) is 11.9 Å². The van der Waals surface area contributed by atoms with Crippen LogP contribution in [-0.2, 0) is 6.18 Å². The molecule has 0 fully saturated rings. The maximum atomic E-state index is 12.3. The first-order valence-electron chi connectivity index (χ1n) is 6.06. The van der Waals surface area contributed by atoms with Gasteiger partial charge >= 0.3 is 6.18 Å². The summed E-state index contributed by atoms with van der Waals surface area (Å²) in [6, 6.07) is 2.41. The molecule has 0 spiro atoms. The van der Waals surface area contributed by atoms with Gasteiger partial charge in [-0.05, 0) is 30.4 Å². The first-order valence-corrected chi connectivity index (χ1v) is 6.06. The van der Waals surface area contributed by atoms with Crippen molar-refractivity contribution in [3.8, 4) is 0 Å². The van der Waals surface area contributed by atoms with E-state index >= 15 is 0 Å². The Labute approximate surface area is 106 Å². The third-order valence-electron chi connectivity index (χ3n) is 2.58. The summed E-state index contributed by atoms with van der Waals surface area (Å²) in [6.45, 7) is 7.15. The normalized spacial score (nSPS) is 13.7. The molecule has 2 nitrogen and oxygen atoms in total. The smallest absolute Gasteiger partial charge is 0.384 e. The molecule has 102 valence electrons. The number of alkyl halides is 3. The van der Waals surface area contributed by atoms with E-state index in [-0.39, 0.29) is 0 Å². The van der Waals surface area contributed by atoms with Gasteiger partial charge in [0.15, 0.2) is 0 Å². The molecule has 1 atom stereocenters. The molecule has 18 heavy (non-hydrogen) atoms.